The SMILES string of the molecule is Cc1nc(CNc2cccc(CSC(C)(C)C)c2)no1. The molecule has 0 bridgehead atoms. The van der Waals surface area contributed by atoms with Crippen molar-refractivity contribution in [3.63, 3.8) is 0 Å². The highest BCUT2D eigenvalue weighted by atomic mass is 32.2. The summed E-state index contributed by atoms with van der Waals surface area (Å²) in [5.74, 6) is 2.29. The van der Waals surface area contributed by atoms with Crippen molar-refractivity contribution in [3.8, 4) is 0 Å². The van der Waals surface area contributed by atoms with Crippen LogP contribution in [-0.4, -0.2) is 14.9 Å². The summed E-state index contributed by atoms with van der Waals surface area (Å²) in [4.78, 5) is 4.17. The van der Waals surface area contributed by atoms with Gasteiger partial charge in [0.05, 0.1) is 6.54 Å². The summed E-state index contributed by atoms with van der Waals surface area (Å²) in [6.45, 7) is 9.07. The summed E-state index contributed by atoms with van der Waals surface area (Å²) >= 11 is 1.95. The summed E-state index contributed by atoms with van der Waals surface area (Å²) in [6, 6.07) is 8.45. The van der Waals surface area contributed by atoms with E-state index in [1.165, 1.54) is 5.56 Å². The maximum Gasteiger partial charge on any atom is 0.223 e. The Kier molecular flexibility index (Phi) is 4.70. The van der Waals surface area contributed by atoms with Crippen LogP contribution in [0.25, 0.3) is 0 Å². The molecule has 0 aliphatic carbocycles. The summed E-state index contributed by atoms with van der Waals surface area (Å²) in [5, 5.41) is 7.19. The molecule has 0 atom stereocenters. The smallest absolute Gasteiger partial charge is 0.223 e. The predicted molar refractivity (Wildman–Crippen MR) is 83.9 cm³/mol. The Hall–Kier alpha value is -1.49. The van der Waals surface area contributed by atoms with Gasteiger partial charge in [0.15, 0.2) is 5.82 Å². The predicted octanol–water partition coefficient (Wildman–Crippen LogP) is 4.02. The van der Waals surface area contributed by atoms with Gasteiger partial charge in [0.1, 0.15) is 0 Å². The van der Waals surface area contributed by atoms with Crippen molar-refractivity contribution in [1.82, 2.24) is 10.1 Å². The van der Waals surface area contributed by atoms with E-state index in [9.17, 15) is 0 Å². The van der Waals surface area contributed by atoms with E-state index in [0.29, 0.717) is 18.3 Å². The molecule has 0 saturated heterocycles. The van der Waals surface area contributed by atoms with E-state index in [-0.39, 0.29) is 4.75 Å². The minimum atomic E-state index is 0.283. The van der Waals surface area contributed by atoms with Crippen molar-refractivity contribution >= 4 is 17.4 Å². The molecule has 0 fully saturated rings. The van der Waals surface area contributed by atoms with Crippen molar-refractivity contribution in [2.45, 2.75) is 44.7 Å². The summed E-state index contributed by atoms with van der Waals surface area (Å²) in [7, 11) is 0. The van der Waals surface area contributed by atoms with Crippen LogP contribution in [0.4, 0.5) is 5.69 Å². The van der Waals surface area contributed by atoms with E-state index in [0.717, 1.165) is 11.4 Å². The van der Waals surface area contributed by atoms with Gasteiger partial charge in [0.2, 0.25) is 5.89 Å². The topological polar surface area (TPSA) is 51.0 Å². The fourth-order valence-corrected chi connectivity index (χ4v) is 2.44. The molecule has 1 heterocycles. The van der Waals surface area contributed by atoms with Gasteiger partial charge in [-0.25, -0.2) is 0 Å². The number of nitrogens with zero attached hydrogens (tertiary/aromatic N) is 2. The summed E-state index contributed by atoms with van der Waals surface area (Å²) < 4.78 is 5.23. The number of hydrogen-bond acceptors (Lipinski definition) is 5. The van der Waals surface area contributed by atoms with E-state index < -0.39 is 0 Å². The zero-order chi connectivity index (χ0) is 14.6. The first-order valence-corrected chi connectivity index (χ1v) is 7.67. The van der Waals surface area contributed by atoms with E-state index >= 15 is 0 Å². The molecule has 4 nitrogen and oxygen atoms in total. The average molecular weight is 291 g/mol. The molecule has 5 heteroatoms. The first kappa shape index (κ1) is 14.9. The molecule has 0 aliphatic rings. The summed E-state index contributed by atoms with van der Waals surface area (Å²) in [5.41, 5.74) is 2.40. The highest BCUT2D eigenvalue weighted by Crippen LogP contribution is 2.27. The van der Waals surface area contributed by atoms with Crippen LogP contribution in [-0.2, 0) is 12.3 Å². The molecule has 0 amide bonds. The number of rotatable bonds is 5. The van der Waals surface area contributed by atoms with Crippen molar-refractivity contribution in [1.29, 1.82) is 0 Å². The van der Waals surface area contributed by atoms with Crippen LogP contribution in [0, 0.1) is 6.92 Å². The highest BCUT2D eigenvalue weighted by Gasteiger charge is 2.10. The summed E-state index contributed by atoms with van der Waals surface area (Å²) in [6.07, 6.45) is 0. The molecule has 108 valence electrons. The van der Waals surface area contributed by atoms with Crippen molar-refractivity contribution in [3.05, 3.63) is 41.5 Å². The molecule has 0 radical (unpaired) electrons. The number of hydrogen-bond donors (Lipinski definition) is 1. The van der Waals surface area contributed by atoms with Crippen LogP contribution in [0.2, 0.25) is 0 Å². The Morgan fingerprint density at radius 1 is 1.30 bits per heavy atom. The molecule has 0 unspecified atom stereocenters. The van der Waals surface area contributed by atoms with Gasteiger partial charge < -0.3 is 9.84 Å². The van der Waals surface area contributed by atoms with Gasteiger partial charge in [-0.05, 0) is 17.7 Å². The molecule has 0 saturated carbocycles. The van der Waals surface area contributed by atoms with Gasteiger partial charge in [-0.15, -0.1) is 0 Å². The van der Waals surface area contributed by atoms with Crippen LogP contribution < -0.4 is 5.32 Å². The number of aromatic nitrogens is 2. The van der Waals surface area contributed by atoms with Gasteiger partial charge in [0.25, 0.3) is 0 Å². The van der Waals surface area contributed by atoms with Gasteiger partial charge in [-0.3, -0.25) is 0 Å². The van der Waals surface area contributed by atoms with Gasteiger partial charge in [-0.2, -0.15) is 16.7 Å². The number of anilines is 1. The van der Waals surface area contributed by atoms with Gasteiger partial charge >= 0.3 is 0 Å². The standard InChI is InChI=1S/C15H21N3OS/c1-11-17-14(18-19-11)9-16-13-7-5-6-12(8-13)10-20-15(2,3)4/h5-8,16H,9-10H2,1-4H3. The lowest BCUT2D eigenvalue weighted by molar-refractivity contribution is 0.388. The van der Waals surface area contributed by atoms with Crippen molar-refractivity contribution in [2.75, 3.05) is 5.32 Å². The quantitative estimate of drug-likeness (QED) is 0.901. The Labute approximate surface area is 124 Å². The fraction of sp³-hybridized carbons (Fsp3) is 0.467. The Balaban J connectivity index is 1.92. The second-order valence-electron chi connectivity index (χ2n) is 5.68. The van der Waals surface area contributed by atoms with Gasteiger partial charge in [-0.1, -0.05) is 38.1 Å². The van der Waals surface area contributed by atoms with Crippen molar-refractivity contribution in [2.24, 2.45) is 0 Å². The molecule has 20 heavy (non-hydrogen) atoms. The number of nitrogens with one attached hydrogen (secondary N) is 1. The third-order valence-electron chi connectivity index (χ3n) is 2.62. The van der Waals surface area contributed by atoms with Gasteiger partial charge in [0, 0.05) is 23.1 Å². The maximum absolute atomic E-state index is 4.95. The third-order valence-corrected chi connectivity index (χ3v) is 3.96. The minimum absolute atomic E-state index is 0.283. The zero-order valence-corrected chi connectivity index (χ0v) is 13.3. The average Bonchev–Trinajstić information content (AvgIpc) is 2.80. The van der Waals surface area contributed by atoms with Crippen LogP contribution >= 0.6 is 11.8 Å². The third kappa shape index (κ3) is 4.89. The Morgan fingerprint density at radius 2 is 2.10 bits per heavy atom. The van der Waals surface area contributed by atoms with Crippen molar-refractivity contribution < 1.29 is 4.52 Å². The molecule has 2 rings (SSSR count). The maximum atomic E-state index is 4.95. The molecule has 1 N–H and O–H groups in total. The Morgan fingerprint density at radius 3 is 2.75 bits per heavy atom. The Bertz CT molecular complexity index is 560. The van der Waals surface area contributed by atoms with Crippen LogP contribution in [0.5, 0.6) is 0 Å². The lowest BCUT2D eigenvalue weighted by Crippen LogP contribution is -2.07. The molecule has 2 aromatic rings. The van der Waals surface area contributed by atoms with Crippen LogP contribution in [0.1, 0.15) is 38.0 Å². The second-order valence-corrected chi connectivity index (χ2v) is 7.49. The molecular formula is C15H21N3OS. The first-order chi connectivity index (χ1) is 9.42. The monoisotopic (exact) mass is 291 g/mol. The molecule has 0 spiro atoms. The van der Waals surface area contributed by atoms with E-state index in [1.54, 1.807) is 6.92 Å². The molecule has 1 aromatic heterocycles. The fourth-order valence-electron chi connectivity index (χ4n) is 1.67. The number of benzene rings is 1. The normalized spacial score (nSPS) is 11.6. The minimum Gasteiger partial charge on any atom is -0.378 e. The number of aryl methyl sites for hydroxylation is 1. The van der Waals surface area contributed by atoms with E-state index in [4.69, 9.17) is 4.52 Å². The van der Waals surface area contributed by atoms with E-state index in [2.05, 4.69) is 60.5 Å². The zero-order valence-electron chi connectivity index (χ0n) is 12.4. The largest absolute Gasteiger partial charge is 0.378 e. The van der Waals surface area contributed by atoms with Crippen LogP contribution in [0.15, 0.2) is 28.8 Å². The second kappa shape index (κ2) is 6.31. The lowest BCUT2D eigenvalue weighted by Gasteiger charge is -2.17. The number of thioether (sulfide) groups is 1. The van der Waals surface area contributed by atoms with Crippen LogP contribution in [0.3, 0.4) is 0 Å². The van der Waals surface area contributed by atoms with E-state index in [1.807, 2.05) is 11.8 Å². The lowest BCUT2D eigenvalue weighted by atomic mass is 10.2. The molecule has 1 aromatic carbocycles. The molecular weight excluding hydrogens is 270 g/mol. The first-order valence-electron chi connectivity index (χ1n) is 6.68. The molecule has 0 aliphatic heterocycles. The highest BCUT2D eigenvalue weighted by molar-refractivity contribution is 7.99.